The van der Waals surface area contributed by atoms with Crippen molar-refractivity contribution in [3.63, 3.8) is 0 Å². The van der Waals surface area contributed by atoms with Crippen molar-refractivity contribution < 1.29 is 8.42 Å². The first-order valence-electron chi connectivity index (χ1n) is 6.38. The van der Waals surface area contributed by atoms with Crippen LogP contribution in [0.2, 0.25) is 0 Å². The Hall–Kier alpha value is -1.96. The van der Waals surface area contributed by atoms with Crippen LogP contribution in [-0.2, 0) is 10.0 Å². The first-order valence-corrected chi connectivity index (χ1v) is 8.72. The molecule has 1 aromatic heterocycles. The molecule has 2 aromatic carbocycles. The monoisotopic (exact) mass is 377 g/mol. The van der Waals surface area contributed by atoms with E-state index in [4.69, 9.17) is 5.14 Å². The highest BCUT2D eigenvalue weighted by Crippen LogP contribution is 2.29. The average Bonchev–Trinajstić information content (AvgIpc) is 2.48. The zero-order valence-electron chi connectivity index (χ0n) is 11.3. The number of fused-ring (bicyclic) bond motifs is 1. The number of rotatable bonds is 3. The lowest BCUT2D eigenvalue weighted by molar-refractivity contribution is 0.598. The Morgan fingerprint density at radius 1 is 1.05 bits per heavy atom. The van der Waals surface area contributed by atoms with Gasteiger partial charge in [0.2, 0.25) is 10.0 Å². The second kappa shape index (κ2) is 5.68. The highest BCUT2D eigenvalue weighted by molar-refractivity contribution is 9.10. The Kier molecular flexibility index (Phi) is 3.86. The van der Waals surface area contributed by atoms with Crippen LogP contribution in [0.5, 0.6) is 0 Å². The molecule has 0 radical (unpaired) electrons. The van der Waals surface area contributed by atoms with Crippen LogP contribution < -0.4 is 10.5 Å². The molecular formula is C15H12BrN3O2S. The third-order valence-corrected chi connectivity index (χ3v) is 4.78. The molecule has 3 rings (SSSR count). The quantitative estimate of drug-likeness (QED) is 0.732. The number of primary sulfonamides is 1. The summed E-state index contributed by atoms with van der Waals surface area (Å²) >= 11 is 3.50. The maximum atomic E-state index is 11.4. The van der Waals surface area contributed by atoms with Crippen molar-refractivity contribution in [2.75, 3.05) is 5.32 Å². The molecule has 0 atom stereocenters. The normalized spacial score (nSPS) is 11.5. The summed E-state index contributed by atoms with van der Waals surface area (Å²) in [5.74, 6) is 0.644. The summed E-state index contributed by atoms with van der Waals surface area (Å²) in [5.41, 5.74) is 0.603. The van der Waals surface area contributed by atoms with E-state index in [9.17, 15) is 8.42 Å². The summed E-state index contributed by atoms with van der Waals surface area (Å²) in [6, 6.07) is 14.0. The smallest absolute Gasteiger partial charge is 0.238 e. The first kappa shape index (κ1) is 15.0. The Balaban J connectivity index is 2.06. The number of halogens is 1. The van der Waals surface area contributed by atoms with E-state index in [1.165, 1.54) is 12.1 Å². The first-order chi connectivity index (χ1) is 10.4. The molecule has 0 unspecified atom stereocenters. The number of hydrogen-bond acceptors (Lipinski definition) is 4. The standard InChI is InChI=1S/C15H12BrN3O2S/c16-14-6-2-5-13-12(14)7-8-18-15(13)19-10-3-1-4-11(9-10)22(17,20)21/h1-9H,(H,18,19)(H2,17,20,21). The summed E-state index contributed by atoms with van der Waals surface area (Å²) in [7, 11) is -3.73. The highest BCUT2D eigenvalue weighted by atomic mass is 79.9. The van der Waals surface area contributed by atoms with E-state index in [-0.39, 0.29) is 4.90 Å². The lowest BCUT2D eigenvalue weighted by Gasteiger charge is -2.10. The SMILES string of the molecule is NS(=O)(=O)c1cccc(Nc2nccc3c(Br)cccc23)c1. The molecular weight excluding hydrogens is 366 g/mol. The predicted octanol–water partition coefficient (Wildman–Crippen LogP) is 3.39. The van der Waals surface area contributed by atoms with Crippen molar-refractivity contribution in [1.82, 2.24) is 4.98 Å². The predicted molar refractivity (Wildman–Crippen MR) is 90.5 cm³/mol. The summed E-state index contributed by atoms with van der Waals surface area (Å²) < 4.78 is 23.8. The van der Waals surface area contributed by atoms with Gasteiger partial charge in [-0.2, -0.15) is 0 Å². The Morgan fingerprint density at radius 3 is 2.59 bits per heavy atom. The molecule has 0 aliphatic rings. The molecule has 0 saturated heterocycles. The van der Waals surface area contributed by atoms with Gasteiger partial charge < -0.3 is 5.32 Å². The van der Waals surface area contributed by atoms with Crippen LogP contribution in [0.25, 0.3) is 10.8 Å². The number of nitrogens with two attached hydrogens (primary N) is 1. The number of hydrogen-bond donors (Lipinski definition) is 2. The average molecular weight is 378 g/mol. The second-order valence-electron chi connectivity index (χ2n) is 4.69. The maximum absolute atomic E-state index is 11.4. The van der Waals surface area contributed by atoms with E-state index in [1.54, 1.807) is 18.3 Å². The molecule has 0 amide bonds. The van der Waals surface area contributed by atoms with E-state index in [0.717, 1.165) is 15.2 Å². The van der Waals surface area contributed by atoms with E-state index < -0.39 is 10.0 Å². The van der Waals surface area contributed by atoms with Gasteiger partial charge >= 0.3 is 0 Å². The van der Waals surface area contributed by atoms with E-state index >= 15 is 0 Å². The van der Waals surface area contributed by atoms with Gasteiger partial charge in [0.15, 0.2) is 0 Å². The molecule has 0 aliphatic heterocycles. The minimum absolute atomic E-state index is 0.0546. The number of benzene rings is 2. The van der Waals surface area contributed by atoms with Crippen LogP contribution in [0.4, 0.5) is 11.5 Å². The molecule has 3 aromatic rings. The minimum atomic E-state index is -3.73. The van der Waals surface area contributed by atoms with Gasteiger partial charge in [-0.1, -0.05) is 34.1 Å². The van der Waals surface area contributed by atoms with E-state index in [1.807, 2.05) is 24.3 Å². The summed E-state index contributed by atoms with van der Waals surface area (Å²) in [4.78, 5) is 4.38. The number of anilines is 2. The molecule has 112 valence electrons. The molecule has 0 saturated carbocycles. The largest absolute Gasteiger partial charge is 0.340 e. The molecule has 0 fully saturated rings. The van der Waals surface area contributed by atoms with Gasteiger partial charge in [0.25, 0.3) is 0 Å². The van der Waals surface area contributed by atoms with Crippen molar-refractivity contribution in [1.29, 1.82) is 0 Å². The summed E-state index contributed by atoms with van der Waals surface area (Å²) in [5, 5.41) is 10.2. The Labute approximate surface area is 136 Å². The van der Waals surface area contributed by atoms with Crippen LogP contribution >= 0.6 is 15.9 Å². The molecule has 5 nitrogen and oxygen atoms in total. The van der Waals surface area contributed by atoms with Crippen molar-refractivity contribution in [3.8, 4) is 0 Å². The molecule has 1 heterocycles. The highest BCUT2D eigenvalue weighted by Gasteiger charge is 2.09. The second-order valence-corrected chi connectivity index (χ2v) is 7.11. The Bertz CT molecular complexity index is 958. The molecule has 0 aliphatic carbocycles. The Morgan fingerprint density at radius 2 is 1.82 bits per heavy atom. The van der Waals surface area contributed by atoms with Crippen LogP contribution in [-0.4, -0.2) is 13.4 Å². The third-order valence-electron chi connectivity index (χ3n) is 3.18. The van der Waals surface area contributed by atoms with Gasteiger partial charge in [0, 0.05) is 27.1 Å². The van der Waals surface area contributed by atoms with E-state index in [2.05, 4.69) is 26.2 Å². The molecule has 22 heavy (non-hydrogen) atoms. The van der Waals surface area contributed by atoms with Crippen molar-refractivity contribution in [2.24, 2.45) is 5.14 Å². The van der Waals surface area contributed by atoms with Crippen LogP contribution in [0.3, 0.4) is 0 Å². The van der Waals surface area contributed by atoms with Gasteiger partial charge in [0.05, 0.1) is 4.90 Å². The van der Waals surface area contributed by atoms with Gasteiger partial charge in [-0.15, -0.1) is 0 Å². The van der Waals surface area contributed by atoms with Crippen molar-refractivity contribution in [2.45, 2.75) is 4.90 Å². The third kappa shape index (κ3) is 2.96. The number of nitrogens with one attached hydrogen (secondary N) is 1. The fraction of sp³-hybridized carbons (Fsp3) is 0. The minimum Gasteiger partial charge on any atom is -0.340 e. The van der Waals surface area contributed by atoms with Crippen LogP contribution in [0.15, 0.2) is 64.1 Å². The van der Waals surface area contributed by atoms with Crippen LogP contribution in [0.1, 0.15) is 0 Å². The van der Waals surface area contributed by atoms with Crippen molar-refractivity contribution in [3.05, 3.63) is 59.2 Å². The van der Waals surface area contributed by atoms with Gasteiger partial charge in [-0.3, -0.25) is 0 Å². The number of nitrogens with zero attached hydrogens (tertiary/aromatic N) is 1. The lowest BCUT2D eigenvalue weighted by atomic mass is 10.1. The molecule has 3 N–H and O–H groups in total. The zero-order chi connectivity index (χ0) is 15.7. The topological polar surface area (TPSA) is 85.1 Å². The molecule has 0 bridgehead atoms. The maximum Gasteiger partial charge on any atom is 0.238 e. The fourth-order valence-corrected chi connectivity index (χ4v) is 3.21. The van der Waals surface area contributed by atoms with Crippen LogP contribution in [0, 0.1) is 0 Å². The number of pyridine rings is 1. The number of aromatic nitrogens is 1. The van der Waals surface area contributed by atoms with Gasteiger partial charge in [0.1, 0.15) is 5.82 Å². The zero-order valence-corrected chi connectivity index (χ0v) is 13.7. The van der Waals surface area contributed by atoms with Gasteiger partial charge in [-0.05, 0) is 30.3 Å². The summed E-state index contributed by atoms with van der Waals surface area (Å²) in [6.45, 7) is 0. The van der Waals surface area contributed by atoms with Crippen molar-refractivity contribution >= 4 is 48.2 Å². The molecule has 0 spiro atoms. The molecule has 7 heteroatoms. The van der Waals surface area contributed by atoms with Gasteiger partial charge in [-0.25, -0.2) is 18.5 Å². The fourth-order valence-electron chi connectivity index (χ4n) is 2.16. The lowest BCUT2D eigenvalue weighted by Crippen LogP contribution is -2.12. The number of sulfonamides is 1. The summed E-state index contributed by atoms with van der Waals surface area (Å²) in [6.07, 6.45) is 1.69. The van der Waals surface area contributed by atoms with E-state index in [0.29, 0.717) is 11.5 Å².